The standard InChI is InChI=1S/C19H21ClN2O5/c20-16-2-1-14(22(25)26)6-15(16)18(24)27-10-17(23)21-19-7-11-3-12(8-19)5-13(4-11)9-19/h1-2,6,11-13H,3-5,7-10H2,(H,21,23). The summed E-state index contributed by atoms with van der Waals surface area (Å²) in [6, 6.07) is 3.53. The normalized spacial score (nSPS) is 30.8. The molecule has 0 aliphatic heterocycles. The van der Waals surface area contributed by atoms with Crippen LogP contribution in [-0.4, -0.2) is 28.9 Å². The van der Waals surface area contributed by atoms with Gasteiger partial charge in [-0.25, -0.2) is 4.79 Å². The Bertz CT molecular complexity index is 774. The predicted molar refractivity (Wildman–Crippen MR) is 97.4 cm³/mol. The number of benzene rings is 1. The Morgan fingerprint density at radius 1 is 1.19 bits per heavy atom. The Hall–Kier alpha value is -2.15. The summed E-state index contributed by atoms with van der Waals surface area (Å²) in [6.07, 6.45) is 6.85. The van der Waals surface area contributed by atoms with Gasteiger partial charge in [-0.1, -0.05) is 11.6 Å². The largest absolute Gasteiger partial charge is 0.452 e. The molecular weight excluding hydrogens is 372 g/mol. The van der Waals surface area contributed by atoms with Crippen molar-refractivity contribution in [2.45, 2.75) is 44.1 Å². The lowest BCUT2D eigenvalue weighted by Crippen LogP contribution is -2.60. The highest BCUT2D eigenvalue weighted by Crippen LogP contribution is 2.55. The number of hydrogen-bond donors (Lipinski definition) is 1. The third kappa shape index (κ3) is 3.65. The lowest BCUT2D eigenvalue weighted by atomic mass is 9.53. The Morgan fingerprint density at radius 2 is 1.78 bits per heavy atom. The zero-order valence-corrected chi connectivity index (χ0v) is 15.5. The van der Waals surface area contributed by atoms with Crippen LogP contribution in [0.2, 0.25) is 5.02 Å². The number of ether oxygens (including phenoxy) is 1. The van der Waals surface area contributed by atoms with Crippen LogP contribution in [0.4, 0.5) is 5.69 Å². The summed E-state index contributed by atoms with van der Waals surface area (Å²) in [5.41, 5.74) is -0.528. The molecule has 0 unspecified atom stereocenters. The molecular formula is C19H21ClN2O5. The summed E-state index contributed by atoms with van der Waals surface area (Å²) in [4.78, 5) is 34.8. The molecule has 4 aliphatic rings. The van der Waals surface area contributed by atoms with E-state index in [4.69, 9.17) is 16.3 Å². The van der Waals surface area contributed by atoms with E-state index in [9.17, 15) is 19.7 Å². The highest BCUT2D eigenvalue weighted by atomic mass is 35.5. The lowest BCUT2D eigenvalue weighted by molar-refractivity contribution is -0.384. The highest BCUT2D eigenvalue weighted by Gasteiger charge is 2.51. The van der Waals surface area contributed by atoms with E-state index in [0.29, 0.717) is 17.8 Å². The Labute approximate surface area is 161 Å². The maximum atomic E-state index is 12.4. The third-order valence-corrected chi connectivity index (χ3v) is 6.49. The number of nitro groups is 1. The summed E-state index contributed by atoms with van der Waals surface area (Å²) in [5, 5.41) is 14.0. The predicted octanol–water partition coefficient (Wildman–Crippen LogP) is 3.49. The molecule has 1 amide bonds. The zero-order chi connectivity index (χ0) is 19.2. The number of halogens is 1. The van der Waals surface area contributed by atoms with Crippen molar-refractivity contribution in [1.29, 1.82) is 0 Å². The molecule has 1 N–H and O–H groups in total. The molecule has 4 fully saturated rings. The quantitative estimate of drug-likeness (QED) is 0.469. The van der Waals surface area contributed by atoms with Crippen LogP contribution in [0.1, 0.15) is 48.9 Å². The third-order valence-electron chi connectivity index (χ3n) is 6.16. The first-order chi connectivity index (χ1) is 12.8. The number of nitrogens with zero attached hydrogens (tertiary/aromatic N) is 1. The van der Waals surface area contributed by atoms with Crippen LogP contribution in [-0.2, 0) is 9.53 Å². The fourth-order valence-electron chi connectivity index (χ4n) is 5.59. The zero-order valence-electron chi connectivity index (χ0n) is 14.8. The summed E-state index contributed by atoms with van der Waals surface area (Å²) in [5.74, 6) is 0.921. The van der Waals surface area contributed by atoms with Crippen molar-refractivity contribution < 1.29 is 19.2 Å². The van der Waals surface area contributed by atoms with E-state index in [1.807, 2.05) is 0 Å². The first kappa shape index (κ1) is 18.2. The van der Waals surface area contributed by atoms with Gasteiger partial charge in [0.25, 0.3) is 11.6 Å². The van der Waals surface area contributed by atoms with Crippen molar-refractivity contribution >= 4 is 29.2 Å². The molecule has 4 bridgehead atoms. The minimum atomic E-state index is -0.843. The molecule has 1 aromatic carbocycles. The molecule has 0 spiro atoms. The summed E-state index contributed by atoms with van der Waals surface area (Å²) in [6.45, 7) is -0.417. The van der Waals surface area contributed by atoms with Crippen LogP contribution < -0.4 is 5.32 Å². The van der Waals surface area contributed by atoms with Gasteiger partial charge in [0, 0.05) is 17.7 Å². The summed E-state index contributed by atoms with van der Waals surface area (Å²) >= 11 is 5.93. The van der Waals surface area contributed by atoms with Gasteiger partial charge in [-0.3, -0.25) is 14.9 Å². The van der Waals surface area contributed by atoms with E-state index in [2.05, 4.69) is 5.32 Å². The van der Waals surface area contributed by atoms with Crippen molar-refractivity contribution in [3.63, 3.8) is 0 Å². The van der Waals surface area contributed by atoms with Crippen LogP contribution in [0.3, 0.4) is 0 Å². The molecule has 27 heavy (non-hydrogen) atoms. The maximum absolute atomic E-state index is 12.4. The average molecular weight is 393 g/mol. The van der Waals surface area contributed by atoms with Crippen molar-refractivity contribution in [3.05, 3.63) is 38.9 Å². The second kappa shape index (κ2) is 6.78. The van der Waals surface area contributed by atoms with Crippen molar-refractivity contribution in [2.24, 2.45) is 17.8 Å². The number of esters is 1. The number of rotatable bonds is 5. The monoisotopic (exact) mass is 392 g/mol. The van der Waals surface area contributed by atoms with Gasteiger partial charge in [-0.15, -0.1) is 0 Å². The first-order valence-electron chi connectivity index (χ1n) is 9.26. The van der Waals surface area contributed by atoms with Gasteiger partial charge in [-0.05, 0) is 62.3 Å². The molecule has 4 saturated carbocycles. The molecule has 8 heteroatoms. The van der Waals surface area contributed by atoms with Gasteiger partial charge < -0.3 is 10.1 Å². The van der Waals surface area contributed by atoms with Crippen molar-refractivity contribution in [3.8, 4) is 0 Å². The molecule has 0 atom stereocenters. The number of nitrogens with one attached hydrogen (secondary N) is 1. The number of carbonyl (C=O) groups is 2. The smallest absolute Gasteiger partial charge is 0.340 e. The first-order valence-corrected chi connectivity index (χ1v) is 9.63. The van der Waals surface area contributed by atoms with E-state index in [0.717, 1.165) is 25.3 Å². The number of amides is 1. The van der Waals surface area contributed by atoms with Crippen LogP contribution >= 0.6 is 11.6 Å². The molecule has 4 aliphatic carbocycles. The van der Waals surface area contributed by atoms with Crippen molar-refractivity contribution in [1.82, 2.24) is 5.32 Å². The Balaban J connectivity index is 1.36. The van der Waals surface area contributed by atoms with Crippen molar-refractivity contribution in [2.75, 3.05) is 6.61 Å². The molecule has 0 saturated heterocycles. The molecule has 0 aromatic heterocycles. The van der Waals surface area contributed by atoms with Gasteiger partial charge in [0.1, 0.15) is 0 Å². The number of nitro benzene ring substituents is 1. The van der Waals surface area contributed by atoms with Crippen LogP contribution in [0.25, 0.3) is 0 Å². The minimum Gasteiger partial charge on any atom is -0.452 e. The number of non-ortho nitro benzene ring substituents is 1. The molecule has 5 rings (SSSR count). The van der Waals surface area contributed by atoms with Gasteiger partial charge in [0.2, 0.25) is 0 Å². The molecule has 0 heterocycles. The average Bonchev–Trinajstić information content (AvgIpc) is 2.58. The van der Waals surface area contributed by atoms with Gasteiger partial charge in [-0.2, -0.15) is 0 Å². The molecule has 1 aromatic rings. The fraction of sp³-hybridized carbons (Fsp3) is 0.579. The van der Waals surface area contributed by atoms with Gasteiger partial charge in [0.15, 0.2) is 6.61 Å². The Kier molecular flexibility index (Phi) is 4.58. The second-order valence-corrected chi connectivity index (χ2v) is 8.65. The van der Waals surface area contributed by atoms with E-state index in [-0.39, 0.29) is 27.7 Å². The minimum absolute atomic E-state index is 0.0482. The summed E-state index contributed by atoms with van der Waals surface area (Å²) < 4.78 is 5.06. The van der Waals surface area contributed by atoms with E-state index in [1.54, 1.807) is 0 Å². The second-order valence-electron chi connectivity index (χ2n) is 8.24. The highest BCUT2D eigenvalue weighted by molar-refractivity contribution is 6.33. The molecule has 0 radical (unpaired) electrons. The van der Waals surface area contributed by atoms with Crippen LogP contribution in [0, 0.1) is 27.9 Å². The number of hydrogen-bond acceptors (Lipinski definition) is 5. The van der Waals surface area contributed by atoms with Gasteiger partial charge >= 0.3 is 5.97 Å². The molecule has 7 nitrogen and oxygen atoms in total. The fourth-order valence-corrected chi connectivity index (χ4v) is 5.78. The molecule has 144 valence electrons. The van der Waals surface area contributed by atoms with E-state index < -0.39 is 17.5 Å². The number of carbonyl (C=O) groups excluding carboxylic acids is 2. The SMILES string of the molecule is O=C(COC(=O)c1cc([N+](=O)[O-])ccc1Cl)NC12CC3CC(CC(C3)C1)C2. The van der Waals surface area contributed by atoms with Gasteiger partial charge in [0.05, 0.1) is 15.5 Å². The Morgan fingerprint density at radius 3 is 2.33 bits per heavy atom. The van der Waals surface area contributed by atoms with Crippen LogP contribution in [0.5, 0.6) is 0 Å². The van der Waals surface area contributed by atoms with E-state index >= 15 is 0 Å². The maximum Gasteiger partial charge on any atom is 0.340 e. The van der Waals surface area contributed by atoms with Crippen LogP contribution in [0.15, 0.2) is 18.2 Å². The topological polar surface area (TPSA) is 98.5 Å². The summed E-state index contributed by atoms with van der Waals surface area (Å²) in [7, 11) is 0. The lowest BCUT2D eigenvalue weighted by Gasteiger charge is -2.56. The van der Waals surface area contributed by atoms with E-state index in [1.165, 1.54) is 31.4 Å².